The van der Waals surface area contributed by atoms with Gasteiger partial charge in [-0.05, 0) is 26.2 Å². The molecule has 1 aliphatic rings. The monoisotopic (exact) mass is 264 g/mol. The summed E-state index contributed by atoms with van der Waals surface area (Å²) >= 11 is 0. The molecule has 0 atom stereocenters. The SMILES string of the molecule is CCCCC1(N(C=O)c2nc(C)co2)CCCCC1. The van der Waals surface area contributed by atoms with E-state index < -0.39 is 0 Å². The Morgan fingerprint density at radius 2 is 2.16 bits per heavy atom. The quantitative estimate of drug-likeness (QED) is 0.733. The Hall–Kier alpha value is -1.32. The smallest absolute Gasteiger partial charge is 0.304 e. The van der Waals surface area contributed by atoms with Gasteiger partial charge in [0.15, 0.2) is 0 Å². The van der Waals surface area contributed by atoms with Crippen LogP contribution in [-0.4, -0.2) is 16.9 Å². The zero-order chi connectivity index (χ0) is 13.7. The number of rotatable bonds is 6. The molecule has 1 saturated carbocycles. The minimum Gasteiger partial charge on any atom is -0.431 e. The van der Waals surface area contributed by atoms with Gasteiger partial charge >= 0.3 is 6.01 Å². The second-order valence-electron chi connectivity index (χ2n) is 5.64. The average molecular weight is 264 g/mol. The van der Waals surface area contributed by atoms with Crippen LogP contribution in [0.5, 0.6) is 0 Å². The van der Waals surface area contributed by atoms with E-state index in [1.54, 1.807) is 11.2 Å². The third-order valence-electron chi connectivity index (χ3n) is 4.21. The van der Waals surface area contributed by atoms with Crippen LogP contribution >= 0.6 is 0 Å². The van der Waals surface area contributed by atoms with Gasteiger partial charge in [-0.25, -0.2) is 0 Å². The van der Waals surface area contributed by atoms with E-state index in [1.807, 2.05) is 6.92 Å². The van der Waals surface area contributed by atoms with Gasteiger partial charge in [0, 0.05) is 0 Å². The predicted molar refractivity (Wildman–Crippen MR) is 75.1 cm³/mol. The summed E-state index contributed by atoms with van der Waals surface area (Å²) in [4.78, 5) is 17.7. The van der Waals surface area contributed by atoms with Crippen molar-refractivity contribution in [2.45, 2.75) is 70.8 Å². The van der Waals surface area contributed by atoms with Crippen LogP contribution < -0.4 is 4.90 Å². The maximum absolute atomic E-state index is 11.6. The van der Waals surface area contributed by atoms with Gasteiger partial charge in [-0.3, -0.25) is 9.69 Å². The maximum atomic E-state index is 11.6. The van der Waals surface area contributed by atoms with Crippen molar-refractivity contribution in [3.63, 3.8) is 0 Å². The van der Waals surface area contributed by atoms with Crippen molar-refractivity contribution in [2.75, 3.05) is 4.90 Å². The molecular weight excluding hydrogens is 240 g/mol. The van der Waals surface area contributed by atoms with Crippen molar-refractivity contribution in [3.05, 3.63) is 12.0 Å². The third-order valence-corrected chi connectivity index (χ3v) is 4.21. The highest BCUT2D eigenvalue weighted by Crippen LogP contribution is 2.39. The number of hydrogen-bond acceptors (Lipinski definition) is 3. The van der Waals surface area contributed by atoms with Crippen LogP contribution in [-0.2, 0) is 4.79 Å². The van der Waals surface area contributed by atoms with Crippen LogP contribution in [0.25, 0.3) is 0 Å². The molecule has 0 spiro atoms. The fourth-order valence-electron chi connectivity index (χ4n) is 3.14. The summed E-state index contributed by atoms with van der Waals surface area (Å²) in [6.07, 6.45) is 11.6. The Morgan fingerprint density at radius 1 is 1.42 bits per heavy atom. The minimum atomic E-state index is -0.0761. The van der Waals surface area contributed by atoms with E-state index in [0.29, 0.717) is 6.01 Å². The van der Waals surface area contributed by atoms with Gasteiger partial charge in [0.25, 0.3) is 0 Å². The predicted octanol–water partition coefficient (Wildman–Crippen LogP) is 3.84. The van der Waals surface area contributed by atoms with Gasteiger partial charge in [0.05, 0.1) is 11.2 Å². The van der Waals surface area contributed by atoms with Gasteiger partial charge < -0.3 is 4.42 Å². The lowest BCUT2D eigenvalue weighted by Crippen LogP contribution is -2.50. The molecule has 0 radical (unpaired) electrons. The van der Waals surface area contributed by atoms with Crippen molar-refractivity contribution < 1.29 is 9.21 Å². The van der Waals surface area contributed by atoms with Gasteiger partial charge in [-0.15, -0.1) is 0 Å². The van der Waals surface area contributed by atoms with E-state index in [0.717, 1.165) is 44.2 Å². The standard InChI is InChI=1S/C15H24N2O2/c1-3-4-8-15(9-6-5-7-10-15)17(12-18)14-16-13(2)11-19-14/h11-12H,3-10H2,1-2H3. The summed E-state index contributed by atoms with van der Waals surface area (Å²) in [5.74, 6) is 0. The van der Waals surface area contributed by atoms with Crippen molar-refractivity contribution in [1.82, 2.24) is 4.98 Å². The molecular formula is C15H24N2O2. The molecule has 0 aromatic carbocycles. The lowest BCUT2D eigenvalue weighted by molar-refractivity contribution is -0.109. The molecule has 0 saturated heterocycles. The van der Waals surface area contributed by atoms with Crippen molar-refractivity contribution >= 4 is 12.4 Å². The van der Waals surface area contributed by atoms with Crippen LogP contribution in [0.1, 0.15) is 64.0 Å². The molecule has 2 rings (SSSR count). The van der Waals surface area contributed by atoms with Crippen LogP contribution in [0.4, 0.5) is 6.01 Å². The number of aryl methyl sites for hydroxylation is 1. The Kier molecular flexibility index (Phi) is 4.61. The van der Waals surface area contributed by atoms with Crippen LogP contribution in [0.3, 0.4) is 0 Å². The van der Waals surface area contributed by atoms with Gasteiger partial charge in [-0.2, -0.15) is 4.98 Å². The van der Waals surface area contributed by atoms with Crippen LogP contribution in [0.15, 0.2) is 10.7 Å². The fraction of sp³-hybridized carbons (Fsp3) is 0.733. The fourth-order valence-corrected chi connectivity index (χ4v) is 3.14. The normalized spacial score (nSPS) is 18.2. The first-order chi connectivity index (χ1) is 9.22. The molecule has 4 heteroatoms. The van der Waals surface area contributed by atoms with Crippen molar-refractivity contribution in [2.24, 2.45) is 0 Å². The molecule has 0 aliphatic heterocycles. The first kappa shape index (κ1) is 14.1. The topological polar surface area (TPSA) is 46.3 Å². The number of carbonyl (C=O) groups is 1. The van der Waals surface area contributed by atoms with Gasteiger partial charge in [0.2, 0.25) is 6.41 Å². The molecule has 1 amide bonds. The molecule has 0 N–H and O–H groups in total. The molecule has 1 fully saturated rings. The summed E-state index contributed by atoms with van der Waals surface area (Å²) in [5.41, 5.74) is 0.746. The van der Waals surface area contributed by atoms with E-state index in [-0.39, 0.29) is 5.54 Å². The number of unbranched alkanes of at least 4 members (excludes halogenated alkanes) is 1. The Morgan fingerprint density at radius 3 is 2.68 bits per heavy atom. The molecule has 106 valence electrons. The summed E-state index contributed by atoms with van der Waals surface area (Å²) in [6, 6.07) is 0.463. The number of carbonyl (C=O) groups excluding carboxylic acids is 1. The van der Waals surface area contributed by atoms with E-state index in [9.17, 15) is 4.79 Å². The number of oxazole rings is 1. The molecule has 0 bridgehead atoms. The zero-order valence-electron chi connectivity index (χ0n) is 12.0. The molecule has 4 nitrogen and oxygen atoms in total. The van der Waals surface area contributed by atoms with Crippen molar-refractivity contribution in [1.29, 1.82) is 0 Å². The largest absolute Gasteiger partial charge is 0.431 e. The van der Waals surface area contributed by atoms with Crippen LogP contribution in [0.2, 0.25) is 0 Å². The third kappa shape index (κ3) is 2.99. The Labute approximate surface area is 115 Å². The Bertz CT molecular complexity index is 408. The van der Waals surface area contributed by atoms with Crippen molar-refractivity contribution in [3.8, 4) is 0 Å². The summed E-state index contributed by atoms with van der Waals surface area (Å²) in [6.45, 7) is 4.08. The Balaban J connectivity index is 2.25. The minimum absolute atomic E-state index is 0.0761. The number of amides is 1. The van der Waals surface area contributed by atoms with Gasteiger partial charge in [0.1, 0.15) is 6.26 Å². The molecule has 1 aliphatic carbocycles. The number of hydrogen-bond donors (Lipinski definition) is 0. The van der Waals surface area contributed by atoms with E-state index in [1.165, 1.54) is 19.3 Å². The lowest BCUT2D eigenvalue weighted by atomic mass is 9.77. The van der Waals surface area contributed by atoms with E-state index >= 15 is 0 Å². The highest BCUT2D eigenvalue weighted by atomic mass is 16.4. The molecule has 0 unspecified atom stereocenters. The first-order valence-electron chi connectivity index (χ1n) is 7.38. The average Bonchev–Trinajstić information content (AvgIpc) is 2.85. The highest BCUT2D eigenvalue weighted by molar-refractivity contribution is 5.72. The van der Waals surface area contributed by atoms with E-state index in [4.69, 9.17) is 4.42 Å². The molecule has 1 heterocycles. The summed E-state index contributed by atoms with van der Waals surface area (Å²) in [5, 5.41) is 0. The van der Waals surface area contributed by atoms with E-state index in [2.05, 4.69) is 11.9 Å². The molecule has 1 aromatic rings. The zero-order valence-corrected chi connectivity index (χ0v) is 12.0. The molecule has 1 aromatic heterocycles. The van der Waals surface area contributed by atoms with Crippen LogP contribution in [0, 0.1) is 6.92 Å². The number of anilines is 1. The highest BCUT2D eigenvalue weighted by Gasteiger charge is 2.39. The summed E-state index contributed by atoms with van der Waals surface area (Å²) < 4.78 is 5.46. The molecule has 19 heavy (non-hydrogen) atoms. The second kappa shape index (κ2) is 6.22. The number of nitrogens with zero attached hydrogens (tertiary/aromatic N) is 2. The lowest BCUT2D eigenvalue weighted by Gasteiger charge is -2.43. The first-order valence-corrected chi connectivity index (χ1v) is 7.38. The number of aromatic nitrogens is 1. The second-order valence-corrected chi connectivity index (χ2v) is 5.64. The summed E-state index contributed by atoms with van der Waals surface area (Å²) in [7, 11) is 0. The maximum Gasteiger partial charge on any atom is 0.304 e. The van der Waals surface area contributed by atoms with Gasteiger partial charge in [-0.1, -0.05) is 39.0 Å².